The standard InChI is InChI=1S/C14H24N2S/c1-12(2)16(11-13-5-6-13)8-7-15-10-14-4-3-9-17-14/h3-4,9,12-13,15H,5-8,10-11H2,1-2H3. The SMILES string of the molecule is CC(C)N(CCNCc1cccs1)CC1CC1. The molecule has 0 aromatic carbocycles. The fourth-order valence-corrected chi connectivity index (χ4v) is 2.71. The van der Waals surface area contributed by atoms with Crippen LogP contribution in [0.2, 0.25) is 0 Å². The molecular formula is C14H24N2S. The molecule has 1 aliphatic rings. The minimum absolute atomic E-state index is 0.680. The molecule has 96 valence electrons. The van der Waals surface area contributed by atoms with Gasteiger partial charge in [0.05, 0.1) is 0 Å². The lowest BCUT2D eigenvalue weighted by molar-refractivity contribution is 0.213. The molecule has 1 aromatic rings. The molecule has 0 spiro atoms. The molecule has 2 nitrogen and oxygen atoms in total. The first-order chi connectivity index (χ1) is 8.25. The van der Waals surface area contributed by atoms with Gasteiger partial charge in [-0.3, -0.25) is 4.90 Å². The van der Waals surface area contributed by atoms with E-state index >= 15 is 0 Å². The quantitative estimate of drug-likeness (QED) is 0.716. The first-order valence-corrected chi connectivity index (χ1v) is 7.61. The molecule has 3 heteroatoms. The third-order valence-corrected chi connectivity index (χ3v) is 4.25. The van der Waals surface area contributed by atoms with E-state index in [0.29, 0.717) is 6.04 Å². The Balaban J connectivity index is 1.61. The van der Waals surface area contributed by atoms with Gasteiger partial charge in [-0.2, -0.15) is 0 Å². The number of rotatable bonds is 8. The van der Waals surface area contributed by atoms with Crippen molar-refractivity contribution in [1.29, 1.82) is 0 Å². The molecule has 0 amide bonds. The lowest BCUT2D eigenvalue weighted by Gasteiger charge is -2.26. The molecule has 0 aliphatic heterocycles. The summed E-state index contributed by atoms with van der Waals surface area (Å²) >= 11 is 1.83. The predicted octanol–water partition coefficient (Wildman–Crippen LogP) is 2.96. The number of hydrogen-bond acceptors (Lipinski definition) is 3. The van der Waals surface area contributed by atoms with Gasteiger partial charge >= 0.3 is 0 Å². The predicted molar refractivity (Wildman–Crippen MR) is 75.5 cm³/mol. The molecule has 0 bridgehead atoms. The maximum absolute atomic E-state index is 3.54. The second-order valence-electron chi connectivity index (χ2n) is 5.29. The monoisotopic (exact) mass is 252 g/mol. The maximum Gasteiger partial charge on any atom is 0.0300 e. The van der Waals surface area contributed by atoms with Crippen LogP contribution in [0.4, 0.5) is 0 Å². The molecule has 17 heavy (non-hydrogen) atoms. The van der Waals surface area contributed by atoms with Crippen LogP contribution >= 0.6 is 11.3 Å². The minimum atomic E-state index is 0.680. The highest BCUT2D eigenvalue weighted by atomic mass is 32.1. The largest absolute Gasteiger partial charge is 0.311 e. The molecule has 0 radical (unpaired) electrons. The summed E-state index contributed by atoms with van der Waals surface area (Å²) in [5, 5.41) is 5.68. The van der Waals surface area contributed by atoms with Gasteiger partial charge in [0.2, 0.25) is 0 Å². The van der Waals surface area contributed by atoms with E-state index in [4.69, 9.17) is 0 Å². The van der Waals surface area contributed by atoms with E-state index in [0.717, 1.165) is 19.0 Å². The van der Waals surface area contributed by atoms with Gasteiger partial charge in [-0.05, 0) is 44.1 Å². The Morgan fingerprint density at radius 2 is 2.29 bits per heavy atom. The molecule has 1 heterocycles. The fourth-order valence-electron chi connectivity index (χ4n) is 2.04. The Kier molecular flexibility index (Phi) is 5.01. The second-order valence-corrected chi connectivity index (χ2v) is 6.32. The molecule has 2 rings (SSSR count). The molecule has 1 aliphatic carbocycles. The molecule has 0 unspecified atom stereocenters. The van der Waals surface area contributed by atoms with Gasteiger partial charge in [0.25, 0.3) is 0 Å². The van der Waals surface area contributed by atoms with Gasteiger partial charge < -0.3 is 5.32 Å². The van der Waals surface area contributed by atoms with Crippen molar-refractivity contribution in [3.63, 3.8) is 0 Å². The van der Waals surface area contributed by atoms with E-state index in [-0.39, 0.29) is 0 Å². The van der Waals surface area contributed by atoms with E-state index in [2.05, 4.69) is 41.6 Å². The average molecular weight is 252 g/mol. The van der Waals surface area contributed by atoms with Crippen LogP contribution in [0.25, 0.3) is 0 Å². The highest BCUT2D eigenvalue weighted by Crippen LogP contribution is 2.30. The van der Waals surface area contributed by atoms with Crippen LogP contribution in [-0.4, -0.2) is 30.6 Å². The molecule has 1 saturated carbocycles. The van der Waals surface area contributed by atoms with Crippen molar-refractivity contribution < 1.29 is 0 Å². The summed E-state index contributed by atoms with van der Waals surface area (Å²) in [5.41, 5.74) is 0. The van der Waals surface area contributed by atoms with Crippen LogP contribution in [0.5, 0.6) is 0 Å². The molecule has 0 saturated heterocycles. The summed E-state index contributed by atoms with van der Waals surface area (Å²) in [6.45, 7) is 9.22. The average Bonchev–Trinajstić information content (AvgIpc) is 2.96. The lowest BCUT2D eigenvalue weighted by Crippen LogP contribution is -2.38. The zero-order valence-corrected chi connectivity index (χ0v) is 11.8. The van der Waals surface area contributed by atoms with E-state index < -0.39 is 0 Å². The van der Waals surface area contributed by atoms with Crippen LogP contribution in [0.15, 0.2) is 17.5 Å². The summed E-state index contributed by atoms with van der Waals surface area (Å²) in [6, 6.07) is 5.00. The Hall–Kier alpha value is -0.380. The third-order valence-electron chi connectivity index (χ3n) is 3.38. The topological polar surface area (TPSA) is 15.3 Å². The highest BCUT2D eigenvalue weighted by molar-refractivity contribution is 7.09. The van der Waals surface area contributed by atoms with Crippen molar-refractivity contribution in [2.24, 2.45) is 5.92 Å². The first kappa shape index (κ1) is 13.1. The Morgan fingerprint density at radius 3 is 2.88 bits per heavy atom. The maximum atomic E-state index is 3.54. The van der Waals surface area contributed by atoms with Gasteiger partial charge in [-0.25, -0.2) is 0 Å². The normalized spacial score (nSPS) is 16.0. The van der Waals surface area contributed by atoms with Crippen LogP contribution in [-0.2, 0) is 6.54 Å². The summed E-state index contributed by atoms with van der Waals surface area (Å²) < 4.78 is 0. The number of hydrogen-bond donors (Lipinski definition) is 1. The van der Waals surface area contributed by atoms with Gasteiger partial charge in [0.1, 0.15) is 0 Å². The van der Waals surface area contributed by atoms with Crippen LogP contribution in [0.3, 0.4) is 0 Å². The summed E-state index contributed by atoms with van der Waals surface area (Å²) in [7, 11) is 0. The highest BCUT2D eigenvalue weighted by Gasteiger charge is 2.24. The molecule has 1 aromatic heterocycles. The number of nitrogens with one attached hydrogen (secondary N) is 1. The van der Waals surface area contributed by atoms with Crippen molar-refractivity contribution >= 4 is 11.3 Å². The van der Waals surface area contributed by atoms with E-state index in [9.17, 15) is 0 Å². The summed E-state index contributed by atoms with van der Waals surface area (Å²) in [4.78, 5) is 4.04. The number of nitrogens with zero attached hydrogens (tertiary/aromatic N) is 1. The fraction of sp³-hybridized carbons (Fsp3) is 0.714. The molecular weight excluding hydrogens is 228 g/mol. The van der Waals surface area contributed by atoms with Gasteiger partial charge in [-0.15, -0.1) is 11.3 Å². The summed E-state index contributed by atoms with van der Waals surface area (Å²) in [5.74, 6) is 0.995. The molecule has 1 fully saturated rings. The van der Waals surface area contributed by atoms with Gasteiger partial charge in [-0.1, -0.05) is 6.07 Å². The van der Waals surface area contributed by atoms with E-state index in [1.165, 1.54) is 30.8 Å². The second kappa shape index (κ2) is 6.53. The lowest BCUT2D eigenvalue weighted by atomic mass is 10.2. The number of thiophene rings is 1. The Morgan fingerprint density at radius 1 is 1.47 bits per heavy atom. The molecule has 1 N–H and O–H groups in total. The van der Waals surface area contributed by atoms with Gasteiger partial charge in [0.15, 0.2) is 0 Å². The van der Waals surface area contributed by atoms with E-state index in [1.54, 1.807) is 0 Å². The zero-order valence-electron chi connectivity index (χ0n) is 11.0. The van der Waals surface area contributed by atoms with Crippen molar-refractivity contribution in [2.75, 3.05) is 19.6 Å². The Labute approximate surface area is 109 Å². The zero-order chi connectivity index (χ0) is 12.1. The molecule has 0 atom stereocenters. The van der Waals surface area contributed by atoms with Crippen molar-refractivity contribution in [3.05, 3.63) is 22.4 Å². The van der Waals surface area contributed by atoms with Crippen LogP contribution in [0.1, 0.15) is 31.6 Å². The van der Waals surface area contributed by atoms with Crippen molar-refractivity contribution in [1.82, 2.24) is 10.2 Å². The summed E-state index contributed by atoms with van der Waals surface area (Å²) in [6.07, 6.45) is 2.90. The van der Waals surface area contributed by atoms with Crippen LogP contribution in [0, 0.1) is 5.92 Å². The third kappa shape index (κ3) is 4.78. The van der Waals surface area contributed by atoms with E-state index in [1.807, 2.05) is 11.3 Å². The smallest absolute Gasteiger partial charge is 0.0300 e. The van der Waals surface area contributed by atoms with Gasteiger partial charge in [0, 0.05) is 37.1 Å². The first-order valence-electron chi connectivity index (χ1n) is 6.73. The minimum Gasteiger partial charge on any atom is -0.311 e. The Bertz CT molecular complexity index is 304. The van der Waals surface area contributed by atoms with Crippen LogP contribution < -0.4 is 5.32 Å². The van der Waals surface area contributed by atoms with Crippen molar-refractivity contribution in [3.8, 4) is 0 Å². The van der Waals surface area contributed by atoms with Crippen molar-refractivity contribution in [2.45, 2.75) is 39.3 Å².